The van der Waals surface area contributed by atoms with Crippen LogP contribution in [0.25, 0.3) is 10.6 Å². The summed E-state index contributed by atoms with van der Waals surface area (Å²) in [5, 5.41) is 11.4. The second-order valence-corrected chi connectivity index (χ2v) is 5.36. The normalized spacial score (nSPS) is 10.7. The second kappa shape index (κ2) is 6.73. The molecule has 2 aromatic rings. The number of nitrogens with zero attached hydrogens (tertiary/aromatic N) is 1. The largest absolute Gasteiger partial charge is 0.396 e. The number of aryl methyl sites for hydroxylation is 1. The zero-order valence-corrected chi connectivity index (χ0v) is 12.1. The number of nitrogens with one attached hydrogen (secondary N) is 1. The van der Waals surface area contributed by atoms with Crippen molar-refractivity contribution in [2.45, 2.75) is 13.3 Å². The summed E-state index contributed by atoms with van der Waals surface area (Å²) in [6, 6.07) is 3.57. The Labute approximate surface area is 124 Å². The summed E-state index contributed by atoms with van der Waals surface area (Å²) in [5.41, 5.74) is 0.194. The molecule has 0 atom stereocenters. The van der Waals surface area contributed by atoms with Crippen LogP contribution in [0.5, 0.6) is 0 Å². The quantitative estimate of drug-likeness (QED) is 0.834. The molecule has 112 valence electrons. The van der Waals surface area contributed by atoms with Gasteiger partial charge < -0.3 is 10.4 Å². The third-order valence-electron chi connectivity index (χ3n) is 2.80. The third kappa shape index (κ3) is 3.43. The Hall–Kier alpha value is -1.86. The highest BCUT2D eigenvalue weighted by atomic mass is 32.1. The SMILES string of the molecule is Cc1nc(-c2c(F)cccc2F)sc1C(=O)NCCCO. The van der Waals surface area contributed by atoms with Gasteiger partial charge in [-0.1, -0.05) is 6.07 Å². The van der Waals surface area contributed by atoms with E-state index in [1.807, 2.05) is 0 Å². The van der Waals surface area contributed by atoms with Gasteiger partial charge in [0.1, 0.15) is 21.5 Å². The van der Waals surface area contributed by atoms with E-state index in [0.29, 0.717) is 23.5 Å². The number of carbonyl (C=O) groups excluding carboxylic acids is 1. The van der Waals surface area contributed by atoms with Crippen molar-refractivity contribution in [1.82, 2.24) is 10.3 Å². The minimum absolute atomic E-state index is 0.0202. The van der Waals surface area contributed by atoms with E-state index >= 15 is 0 Å². The third-order valence-corrected chi connectivity index (χ3v) is 3.97. The number of aliphatic hydroxyl groups is 1. The Morgan fingerprint density at radius 1 is 1.38 bits per heavy atom. The molecule has 0 aliphatic rings. The number of rotatable bonds is 5. The molecule has 1 aromatic heterocycles. The molecule has 0 bridgehead atoms. The Kier molecular flexibility index (Phi) is 4.98. The van der Waals surface area contributed by atoms with Crippen LogP contribution in [0.2, 0.25) is 0 Å². The topological polar surface area (TPSA) is 62.2 Å². The first-order chi connectivity index (χ1) is 10.0. The Morgan fingerprint density at radius 2 is 2.05 bits per heavy atom. The van der Waals surface area contributed by atoms with Crippen molar-refractivity contribution >= 4 is 17.2 Å². The number of aromatic nitrogens is 1. The summed E-state index contributed by atoms with van der Waals surface area (Å²) in [6.07, 6.45) is 0.443. The fourth-order valence-electron chi connectivity index (χ4n) is 1.78. The Bertz CT molecular complexity index is 638. The highest BCUT2D eigenvalue weighted by Crippen LogP contribution is 2.31. The summed E-state index contributed by atoms with van der Waals surface area (Å²) in [5.74, 6) is -1.78. The predicted molar refractivity (Wildman–Crippen MR) is 76.2 cm³/mol. The molecule has 4 nitrogen and oxygen atoms in total. The number of amides is 1. The fraction of sp³-hybridized carbons (Fsp3) is 0.286. The summed E-state index contributed by atoms with van der Waals surface area (Å²) < 4.78 is 27.5. The van der Waals surface area contributed by atoms with E-state index in [2.05, 4.69) is 10.3 Å². The van der Waals surface area contributed by atoms with Crippen LogP contribution in [0.3, 0.4) is 0 Å². The highest BCUT2D eigenvalue weighted by molar-refractivity contribution is 7.17. The van der Waals surface area contributed by atoms with Crippen molar-refractivity contribution in [3.63, 3.8) is 0 Å². The lowest BCUT2D eigenvalue weighted by Crippen LogP contribution is -2.24. The molecule has 1 heterocycles. The average molecular weight is 312 g/mol. The molecular weight excluding hydrogens is 298 g/mol. The monoisotopic (exact) mass is 312 g/mol. The number of hydrogen-bond donors (Lipinski definition) is 2. The van der Waals surface area contributed by atoms with Gasteiger partial charge in [-0.2, -0.15) is 0 Å². The van der Waals surface area contributed by atoms with Crippen molar-refractivity contribution in [2.75, 3.05) is 13.2 Å². The number of aliphatic hydroxyl groups excluding tert-OH is 1. The molecule has 2 rings (SSSR count). The summed E-state index contributed by atoms with van der Waals surface area (Å²) in [4.78, 5) is 16.3. The van der Waals surface area contributed by atoms with E-state index in [1.165, 1.54) is 6.07 Å². The standard InChI is InChI=1S/C14H14F2N2O2S/c1-8-12(13(20)17-6-3-7-19)21-14(18-8)11-9(15)4-2-5-10(11)16/h2,4-5,19H,3,6-7H2,1H3,(H,17,20). The van der Waals surface area contributed by atoms with Gasteiger partial charge in [-0.25, -0.2) is 13.8 Å². The van der Waals surface area contributed by atoms with E-state index in [0.717, 1.165) is 23.5 Å². The minimum Gasteiger partial charge on any atom is -0.396 e. The highest BCUT2D eigenvalue weighted by Gasteiger charge is 2.20. The smallest absolute Gasteiger partial charge is 0.263 e. The molecular formula is C14H14F2N2O2S. The average Bonchev–Trinajstić information content (AvgIpc) is 2.80. The molecule has 0 aliphatic carbocycles. The molecule has 7 heteroatoms. The lowest BCUT2D eigenvalue weighted by Gasteiger charge is -2.01. The lowest BCUT2D eigenvalue weighted by atomic mass is 10.2. The van der Waals surface area contributed by atoms with Gasteiger partial charge in [-0.05, 0) is 25.5 Å². The molecule has 21 heavy (non-hydrogen) atoms. The van der Waals surface area contributed by atoms with Gasteiger partial charge in [-0.3, -0.25) is 4.79 Å². The summed E-state index contributed by atoms with van der Waals surface area (Å²) in [6.45, 7) is 1.92. The predicted octanol–water partition coefficient (Wildman–Crippen LogP) is 2.51. The Balaban J connectivity index is 2.29. The van der Waals surface area contributed by atoms with Gasteiger partial charge >= 0.3 is 0 Å². The zero-order chi connectivity index (χ0) is 15.4. The van der Waals surface area contributed by atoms with E-state index in [9.17, 15) is 13.6 Å². The van der Waals surface area contributed by atoms with Crippen LogP contribution < -0.4 is 5.32 Å². The first-order valence-electron chi connectivity index (χ1n) is 6.35. The van der Waals surface area contributed by atoms with Crippen molar-refractivity contribution in [3.8, 4) is 10.6 Å². The van der Waals surface area contributed by atoms with Crippen LogP contribution in [-0.4, -0.2) is 29.1 Å². The van der Waals surface area contributed by atoms with Gasteiger partial charge in [0.15, 0.2) is 0 Å². The number of halogens is 2. The van der Waals surface area contributed by atoms with E-state index in [4.69, 9.17) is 5.11 Å². The van der Waals surface area contributed by atoms with Gasteiger partial charge in [0.2, 0.25) is 0 Å². The van der Waals surface area contributed by atoms with Gasteiger partial charge in [0, 0.05) is 13.2 Å². The molecule has 0 saturated carbocycles. The first kappa shape index (κ1) is 15.5. The maximum atomic E-state index is 13.7. The van der Waals surface area contributed by atoms with Crippen LogP contribution in [0, 0.1) is 18.6 Å². The lowest BCUT2D eigenvalue weighted by molar-refractivity contribution is 0.0954. The van der Waals surface area contributed by atoms with Gasteiger partial charge in [0.05, 0.1) is 11.3 Å². The number of hydrogen-bond acceptors (Lipinski definition) is 4. The van der Waals surface area contributed by atoms with Crippen LogP contribution in [0.1, 0.15) is 21.8 Å². The second-order valence-electron chi connectivity index (χ2n) is 4.36. The maximum absolute atomic E-state index is 13.7. The fourth-order valence-corrected chi connectivity index (χ4v) is 2.81. The van der Waals surface area contributed by atoms with Crippen molar-refractivity contribution in [1.29, 1.82) is 0 Å². The van der Waals surface area contributed by atoms with Crippen LogP contribution in [0.15, 0.2) is 18.2 Å². The molecule has 1 amide bonds. The minimum atomic E-state index is -0.712. The number of carbonyl (C=O) groups is 1. The molecule has 0 saturated heterocycles. The number of benzene rings is 1. The molecule has 0 radical (unpaired) electrons. The number of thiazole rings is 1. The molecule has 0 unspecified atom stereocenters. The molecule has 0 spiro atoms. The van der Waals surface area contributed by atoms with Crippen LogP contribution in [-0.2, 0) is 0 Å². The summed E-state index contributed by atoms with van der Waals surface area (Å²) in [7, 11) is 0. The molecule has 0 fully saturated rings. The van der Waals surface area contributed by atoms with Crippen LogP contribution in [0.4, 0.5) is 8.78 Å². The van der Waals surface area contributed by atoms with Crippen LogP contribution >= 0.6 is 11.3 Å². The maximum Gasteiger partial charge on any atom is 0.263 e. The first-order valence-corrected chi connectivity index (χ1v) is 7.17. The van der Waals surface area contributed by atoms with Crippen molar-refractivity contribution in [3.05, 3.63) is 40.4 Å². The zero-order valence-electron chi connectivity index (χ0n) is 11.3. The molecule has 2 N–H and O–H groups in total. The molecule has 1 aromatic carbocycles. The van der Waals surface area contributed by atoms with Gasteiger partial charge in [-0.15, -0.1) is 11.3 Å². The van der Waals surface area contributed by atoms with E-state index in [-0.39, 0.29) is 23.1 Å². The Morgan fingerprint density at radius 3 is 2.67 bits per heavy atom. The van der Waals surface area contributed by atoms with E-state index < -0.39 is 11.6 Å². The van der Waals surface area contributed by atoms with Gasteiger partial charge in [0.25, 0.3) is 5.91 Å². The van der Waals surface area contributed by atoms with E-state index in [1.54, 1.807) is 6.92 Å². The van der Waals surface area contributed by atoms with Crippen molar-refractivity contribution in [2.24, 2.45) is 0 Å². The summed E-state index contributed by atoms with van der Waals surface area (Å²) >= 11 is 0.941. The molecule has 0 aliphatic heterocycles. The van der Waals surface area contributed by atoms with Crippen molar-refractivity contribution < 1.29 is 18.7 Å².